The number of nitrogens with one attached hydrogen (secondary N) is 2. The summed E-state index contributed by atoms with van der Waals surface area (Å²) in [6, 6.07) is 11.5. The van der Waals surface area contributed by atoms with Crippen molar-refractivity contribution in [2.24, 2.45) is 0 Å². The Balaban J connectivity index is 1.95. The van der Waals surface area contributed by atoms with Crippen LogP contribution in [0.3, 0.4) is 0 Å². The van der Waals surface area contributed by atoms with Crippen LogP contribution in [0.4, 0.5) is 5.95 Å². The third kappa shape index (κ3) is 3.06. The number of aliphatic hydroxyl groups is 1. The topological polar surface area (TPSA) is 69.0 Å². The molecule has 0 saturated heterocycles. The molecular weight excluding hydrogens is 366 g/mol. The lowest BCUT2D eigenvalue weighted by Crippen LogP contribution is -2.40. The summed E-state index contributed by atoms with van der Waals surface area (Å²) in [6.45, 7) is 0.692. The lowest BCUT2D eigenvalue weighted by atomic mass is 10.3. The van der Waals surface area contributed by atoms with Crippen LogP contribution in [0.15, 0.2) is 40.2 Å². The standard InChI is InChI=1S/C15H14BrN3O2S/c16-14-6-5-13(22-14)12(21)9-19-11-4-2-1-3-10(11)18-15(19)17-7-8-20/h1-6,20H,7-9H2,(H,17,18)/p+1. The summed E-state index contributed by atoms with van der Waals surface area (Å²) in [5.41, 5.74) is 1.90. The summed E-state index contributed by atoms with van der Waals surface area (Å²) >= 11 is 4.81. The highest BCUT2D eigenvalue weighted by molar-refractivity contribution is 9.11. The first-order valence-corrected chi connectivity index (χ1v) is 8.44. The van der Waals surface area contributed by atoms with Gasteiger partial charge < -0.3 is 5.11 Å². The van der Waals surface area contributed by atoms with Gasteiger partial charge in [0.05, 0.1) is 21.8 Å². The Bertz CT molecular complexity index is 812. The van der Waals surface area contributed by atoms with Gasteiger partial charge in [-0.2, -0.15) is 0 Å². The number of aromatic nitrogens is 2. The summed E-state index contributed by atoms with van der Waals surface area (Å²) in [5, 5.41) is 12.1. The average molecular weight is 381 g/mol. The number of carbonyl (C=O) groups is 1. The highest BCUT2D eigenvalue weighted by Crippen LogP contribution is 2.22. The molecule has 3 N–H and O–H groups in total. The Morgan fingerprint density at radius 3 is 2.86 bits per heavy atom. The number of thiophene rings is 1. The van der Waals surface area contributed by atoms with Crippen molar-refractivity contribution in [3.63, 3.8) is 0 Å². The van der Waals surface area contributed by atoms with Crippen LogP contribution in [-0.4, -0.2) is 29.0 Å². The Hall–Kier alpha value is -1.70. The van der Waals surface area contributed by atoms with Crippen molar-refractivity contribution in [2.45, 2.75) is 6.54 Å². The number of benzene rings is 1. The van der Waals surface area contributed by atoms with Gasteiger partial charge in [0, 0.05) is 0 Å². The molecule has 0 bridgehead atoms. The number of rotatable bonds is 6. The van der Waals surface area contributed by atoms with Crippen molar-refractivity contribution in [3.05, 3.63) is 45.1 Å². The van der Waals surface area contributed by atoms with Gasteiger partial charge in [-0.3, -0.25) is 10.1 Å². The van der Waals surface area contributed by atoms with E-state index in [-0.39, 0.29) is 18.9 Å². The zero-order chi connectivity index (χ0) is 15.5. The van der Waals surface area contributed by atoms with Gasteiger partial charge >= 0.3 is 5.95 Å². The predicted octanol–water partition coefficient (Wildman–Crippen LogP) is 2.57. The Kier molecular flexibility index (Phi) is 4.56. The van der Waals surface area contributed by atoms with Crippen LogP contribution in [0.2, 0.25) is 0 Å². The smallest absolute Gasteiger partial charge is 0.356 e. The van der Waals surface area contributed by atoms with Gasteiger partial charge in [0.1, 0.15) is 17.6 Å². The lowest BCUT2D eigenvalue weighted by molar-refractivity contribution is -0.642. The van der Waals surface area contributed by atoms with Crippen LogP contribution in [0, 0.1) is 0 Å². The molecule has 0 amide bonds. The number of ketones is 1. The van der Waals surface area contributed by atoms with E-state index in [0.29, 0.717) is 6.54 Å². The fraction of sp³-hybridized carbons (Fsp3) is 0.200. The minimum Gasteiger partial charge on any atom is -0.393 e. The van der Waals surface area contributed by atoms with E-state index in [1.54, 1.807) is 0 Å². The normalized spacial score (nSPS) is 11.0. The molecule has 7 heteroatoms. The Morgan fingerprint density at radius 1 is 1.32 bits per heavy atom. The van der Waals surface area contributed by atoms with E-state index in [1.165, 1.54) is 11.3 Å². The molecule has 0 spiro atoms. The highest BCUT2D eigenvalue weighted by atomic mass is 79.9. The van der Waals surface area contributed by atoms with E-state index >= 15 is 0 Å². The van der Waals surface area contributed by atoms with Gasteiger partial charge in [-0.15, -0.1) is 11.3 Å². The molecule has 22 heavy (non-hydrogen) atoms. The second-order valence-corrected chi connectivity index (χ2v) is 7.22. The van der Waals surface area contributed by atoms with E-state index < -0.39 is 0 Å². The maximum Gasteiger partial charge on any atom is 0.356 e. The molecule has 5 nitrogen and oxygen atoms in total. The molecule has 114 valence electrons. The predicted molar refractivity (Wildman–Crippen MR) is 90.4 cm³/mol. The van der Waals surface area contributed by atoms with E-state index in [0.717, 1.165) is 25.6 Å². The molecular formula is C15H15BrN3O2S+. The summed E-state index contributed by atoms with van der Waals surface area (Å²) in [5.74, 6) is 0.775. The van der Waals surface area contributed by atoms with E-state index in [1.807, 2.05) is 41.0 Å². The van der Waals surface area contributed by atoms with Crippen LogP contribution < -0.4 is 9.88 Å². The number of carbonyl (C=O) groups excluding carboxylic acids is 1. The summed E-state index contributed by atoms with van der Waals surface area (Å²) in [6.07, 6.45) is 0. The van der Waals surface area contributed by atoms with Gasteiger partial charge in [0.15, 0.2) is 0 Å². The molecule has 0 aliphatic carbocycles. The maximum atomic E-state index is 12.5. The minimum absolute atomic E-state index is 0.0290. The molecule has 3 aromatic rings. The number of nitrogens with zero attached hydrogens (tertiary/aromatic N) is 1. The third-order valence-corrected chi connectivity index (χ3v) is 4.94. The number of anilines is 1. The molecule has 0 saturated carbocycles. The molecule has 2 aromatic heterocycles. The SMILES string of the molecule is O=C(C[n+]1c(NCCO)[nH]c2ccccc21)c1ccc(Br)s1. The first-order valence-electron chi connectivity index (χ1n) is 6.83. The van der Waals surface area contributed by atoms with Gasteiger partial charge in [-0.1, -0.05) is 12.1 Å². The van der Waals surface area contributed by atoms with Crippen molar-refractivity contribution in [3.8, 4) is 0 Å². The molecule has 0 radical (unpaired) electrons. The molecule has 0 fully saturated rings. The van der Waals surface area contributed by atoms with Crippen molar-refractivity contribution in [2.75, 3.05) is 18.5 Å². The summed E-state index contributed by atoms with van der Waals surface area (Å²) < 4.78 is 2.85. The fourth-order valence-electron chi connectivity index (χ4n) is 2.29. The molecule has 0 aliphatic rings. The van der Waals surface area contributed by atoms with Gasteiger partial charge in [0.25, 0.3) is 0 Å². The van der Waals surface area contributed by atoms with Crippen LogP contribution >= 0.6 is 27.3 Å². The number of aliphatic hydroxyl groups excluding tert-OH is 1. The van der Waals surface area contributed by atoms with Crippen LogP contribution in [0.5, 0.6) is 0 Å². The fourth-order valence-corrected chi connectivity index (χ4v) is 3.61. The number of imidazole rings is 1. The largest absolute Gasteiger partial charge is 0.393 e. The summed E-state index contributed by atoms with van der Waals surface area (Å²) in [7, 11) is 0. The number of aromatic amines is 1. The second kappa shape index (κ2) is 6.60. The van der Waals surface area contributed by atoms with Crippen molar-refractivity contribution in [1.29, 1.82) is 0 Å². The molecule has 3 rings (SSSR count). The van der Waals surface area contributed by atoms with Gasteiger partial charge in [0.2, 0.25) is 5.78 Å². The number of H-pyrrole nitrogens is 1. The first kappa shape index (κ1) is 15.2. The number of para-hydroxylation sites is 2. The number of hydrogen-bond donors (Lipinski definition) is 3. The second-order valence-electron chi connectivity index (χ2n) is 4.75. The maximum absolute atomic E-state index is 12.5. The molecule has 0 unspecified atom stereocenters. The number of hydrogen-bond acceptors (Lipinski definition) is 4. The van der Waals surface area contributed by atoms with E-state index in [2.05, 4.69) is 26.2 Å². The monoisotopic (exact) mass is 380 g/mol. The van der Waals surface area contributed by atoms with Crippen LogP contribution in [0.1, 0.15) is 9.67 Å². The van der Waals surface area contributed by atoms with Gasteiger partial charge in [-0.05, 0) is 40.2 Å². The Morgan fingerprint density at radius 2 is 2.14 bits per heavy atom. The van der Waals surface area contributed by atoms with E-state index in [4.69, 9.17) is 5.11 Å². The van der Waals surface area contributed by atoms with Crippen LogP contribution in [-0.2, 0) is 6.54 Å². The zero-order valence-electron chi connectivity index (χ0n) is 11.7. The van der Waals surface area contributed by atoms with Crippen molar-refractivity contribution >= 4 is 50.0 Å². The van der Waals surface area contributed by atoms with Crippen molar-refractivity contribution in [1.82, 2.24) is 4.98 Å². The third-order valence-electron chi connectivity index (χ3n) is 3.27. The molecule has 0 aliphatic heterocycles. The number of halogens is 1. The number of Topliss-reactive ketones (excluding diaryl/α,β-unsaturated/α-hetero) is 1. The zero-order valence-corrected chi connectivity index (χ0v) is 14.1. The first-order chi connectivity index (χ1) is 10.7. The molecule has 0 atom stereocenters. The van der Waals surface area contributed by atoms with Crippen LogP contribution in [0.25, 0.3) is 11.0 Å². The molecule has 1 aromatic carbocycles. The average Bonchev–Trinajstić information content (AvgIpc) is 3.10. The van der Waals surface area contributed by atoms with Gasteiger partial charge in [-0.25, -0.2) is 9.55 Å². The minimum atomic E-state index is 0.0290. The number of fused-ring (bicyclic) bond motifs is 1. The highest BCUT2D eigenvalue weighted by Gasteiger charge is 2.20. The quantitative estimate of drug-likeness (QED) is 0.454. The lowest BCUT2D eigenvalue weighted by Gasteiger charge is -2.02. The van der Waals surface area contributed by atoms with Crippen molar-refractivity contribution < 1.29 is 14.5 Å². The summed E-state index contributed by atoms with van der Waals surface area (Å²) in [4.78, 5) is 16.4. The molecule has 2 heterocycles. The van der Waals surface area contributed by atoms with E-state index in [9.17, 15) is 4.79 Å². The Labute approximate surface area is 139 Å².